The summed E-state index contributed by atoms with van der Waals surface area (Å²) >= 11 is 0. The predicted molar refractivity (Wildman–Crippen MR) is 60.2 cm³/mol. The van der Waals surface area contributed by atoms with E-state index < -0.39 is 9.24 Å². The third kappa shape index (κ3) is 2.51. The van der Waals surface area contributed by atoms with Crippen molar-refractivity contribution in [3.63, 3.8) is 0 Å². The second-order valence-corrected chi connectivity index (χ2v) is 6.12. The molecule has 0 aromatic heterocycles. The maximum absolute atomic E-state index is 11.2. The Bertz CT molecular complexity index is 431. The Morgan fingerprint density at radius 1 is 1.07 bits per heavy atom. The first-order valence-electron chi connectivity index (χ1n) is 4.84. The molecule has 0 fully saturated rings. The molecule has 0 bridgehead atoms. The number of hydrogen-bond donors (Lipinski definition) is 0. The molecule has 0 radical (unpaired) electrons. The quantitative estimate of drug-likeness (QED) is 0.705. The molecule has 1 aromatic rings. The summed E-state index contributed by atoms with van der Waals surface area (Å²) in [7, 11) is 1.76. The van der Waals surface area contributed by atoms with Crippen LogP contribution < -0.4 is 0 Å². The smallest absolute Gasteiger partial charge is 0.195 e. The highest BCUT2D eigenvalue weighted by Crippen LogP contribution is 2.18. The molecule has 1 heterocycles. The molecule has 0 saturated heterocycles. The average Bonchev–Trinajstić information content (AvgIpc) is 2.38. The Kier molecular flexibility index (Phi) is 3.00. The molecule has 2 rings (SSSR count). The van der Waals surface area contributed by atoms with Crippen molar-refractivity contribution in [2.24, 2.45) is 0 Å². The summed E-state index contributed by atoms with van der Waals surface area (Å²) in [5, 5.41) is 0. The molecule has 0 aliphatic carbocycles. The van der Waals surface area contributed by atoms with Gasteiger partial charge in [-0.3, -0.25) is 0 Å². The van der Waals surface area contributed by atoms with Gasteiger partial charge in [0.1, 0.15) is 0 Å². The topological polar surface area (TPSA) is 37.4 Å². The van der Waals surface area contributed by atoms with E-state index in [-0.39, 0.29) is 0 Å². The van der Waals surface area contributed by atoms with Gasteiger partial charge in [0.05, 0.1) is 0 Å². The van der Waals surface area contributed by atoms with Crippen LogP contribution in [-0.2, 0) is 22.1 Å². The van der Waals surface area contributed by atoms with Gasteiger partial charge in [0, 0.05) is 23.8 Å². The van der Waals surface area contributed by atoms with Gasteiger partial charge in [-0.2, -0.15) is 12.7 Å². The Balaban J connectivity index is 2.23. The fourth-order valence-corrected chi connectivity index (χ4v) is 2.90. The van der Waals surface area contributed by atoms with E-state index in [1.807, 2.05) is 24.3 Å². The summed E-state index contributed by atoms with van der Waals surface area (Å²) in [6, 6.07) is 8.03. The monoisotopic (exact) mass is 245 g/mol. The normalized spacial score (nSPS) is 18.2. The highest BCUT2D eigenvalue weighted by atomic mass is 35.7. The van der Waals surface area contributed by atoms with Crippen molar-refractivity contribution in [3.05, 3.63) is 35.4 Å². The molecule has 82 valence electrons. The first kappa shape index (κ1) is 10.9. The van der Waals surface area contributed by atoms with E-state index in [0.717, 1.165) is 12.8 Å². The summed E-state index contributed by atoms with van der Waals surface area (Å²) < 4.78 is 23.7. The minimum atomic E-state index is -3.56. The molecule has 1 aliphatic heterocycles. The van der Waals surface area contributed by atoms with E-state index in [2.05, 4.69) is 0 Å². The molecule has 5 heteroatoms. The van der Waals surface area contributed by atoms with Crippen LogP contribution in [0, 0.1) is 0 Å². The molecule has 0 unspecified atom stereocenters. The lowest BCUT2D eigenvalue weighted by molar-refractivity contribution is 0.438. The maximum Gasteiger partial charge on any atom is 0.299 e. The first-order valence-corrected chi connectivity index (χ1v) is 7.10. The lowest BCUT2D eigenvalue weighted by Crippen LogP contribution is -2.29. The number of fused-ring (bicyclic) bond motifs is 1. The third-order valence-electron chi connectivity index (χ3n) is 2.69. The zero-order chi connectivity index (χ0) is 10.9. The van der Waals surface area contributed by atoms with E-state index >= 15 is 0 Å². The van der Waals surface area contributed by atoms with Crippen LogP contribution in [0.3, 0.4) is 0 Å². The Hall–Kier alpha value is -0.580. The molecule has 1 aromatic carbocycles. The van der Waals surface area contributed by atoms with Gasteiger partial charge < -0.3 is 0 Å². The second-order valence-electron chi connectivity index (χ2n) is 3.61. The highest BCUT2D eigenvalue weighted by Gasteiger charge is 2.21. The van der Waals surface area contributed by atoms with Crippen molar-refractivity contribution in [1.82, 2.24) is 4.31 Å². The van der Waals surface area contributed by atoms with Gasteiger partial charge in [0.2, 0.25) is 0 Å². The fourth-order valence-electron chi connectivity index (χ4n) is 1.87. The van der Waals surface area contributed by atoms with Crippen LogP contribution in [0.1, 0.15) is 11.1 Å². The first-order chi connectivity index (χ1) is 7.07. The van der Waals surface area contributed by atoms with Crippen LogP contribution in [-0.4, -0.2) is 25.8 Å². The van der Waals surface area contributed by atoms with Crippen molar-refractivity contribution in [2.75, 3.05) is 13.1 Å². The molecular weight excluding hydrogens is 234 g/mol. The van der Waals surface area contributed by atoms with Crippen LogP contribution in [0.2, 0.25) is 0 Å². The van der Waals surface area contributed by atoms with E-state index in [4.69, 9.17) is 10.7 Å². The SMILES string of the molecule is O=S(=O)(Cl)N1CCc2ccccc2CC1. The predicted octanol–water partition coefficient (Wildman–Crippen LogP) is 1.57. The number of halogens is 1. The van der Waals surface area contributed by atoms with Gasteiger partial charge in [-0.15, -0.1) is 0 Å². The van der Waals surface area contributed by atoms with Crippen LogP contribution >= 0.6 is 10.7 Å². The zero-order valence-electron chi connectivity index (χ0n) is 8.19. The minimum Gasteiger partial charge on any atom is -0.195 e. The van der Waals surface area contributed by atoms with Gasteiger partial charge in [-0.25, -0.2) is 0 Å². The van der Waals surface area contributed by atoms with Crippen molar-refractivity contribution < 1.29 is 8.42 Å². The zero-order valence-corrected chi connectivity index (χ0v) is 9.76. The molecule has 3 nitrogen and oxygen atoms in total. The molecule has 0 saturated carbocycles. The van der Waals surface area contributed by atoms with Gasteiger partial charge in [0.25, 0.3) is 9.24 Å². The molecule has 15 heavy (non-hydrogen) atoms. The maximum atomic E-state index is 11.2. The lowest BCUT2D eigenvalue weighted by atomic mass is 10.0. The number of nitrogens with zero attached hydrogens (tertiary/aromatic N) is 1. The van der Waals surface area contributed by atoms with E-state index in [1.54, 1.807) is 0 Å². The standard InChI is InChI=1S/C10H12ClNO2S/c11-15(13,14)12-7-5-9-3-1-2-4-10(9)6-8-12/h1-4H,5-8H2. The summed E-state index contributed by atoms with van der Waals surface area (Å²) in [6.07, 6.45) is 1.48. The van der Waals surface area contributed by atoms with Crippen LogP contribution in [0.25, 0.3) is 0 Å². The van der Waals surface area contributed by atoms with Gasteiger partial charge in [-0.1, -0.05) is 24.3 Å². The second kappa shape index (κ2) is 4.12. The molecule has 0 atom stereocenters. The summed E-state index contributed by atoms with van der Waals surface area (Å²) in [6.45, 7) is 0.950. The summed E-state index contributed by atoms with van der Waals surface area (Å²) in [4.78, 5) is 0. The Morgan fingerprint density at radius 3 is 1.93 bits per heavy atom. The largest absolute Gasteiger partial charge is 0.299 e. The molecule has 0 N–H and O–H groups in total. The van der Waals surface area contributed by atoms with Crippen molar-refractivity contribution >= 4 is 19.9 Å². The van der Waals surface area contributed by atoms with Crippen LogP contribution in [0.5, 0.6) is 0 Å². The van der Waals surface area contributed by atoms with Gasteiger partial charge in [-0.05, 0) is 24.0 Å². The molecule has 1 aliphatic rings. The Morgan fingerprint density at radius 2 is 1.53 bits per heavy atom. The third-order valence-corrected chi connectivity index (χ3v) is 4.26. The summed E-state index contributed by atoms with van der Waals surface area (Å²) in [5.74, 6) is 0. The van der Waals surface area contributed by atoms with Crippen LogP contribution in [0.4, 0.5) is 0 Å². The van der Waals surface area contributed by atoms with Gasteiger partial charge in [0.15, 0.2) is 0 Å². The molecule has 0 spiro atoms. The van der Waals surface area contributed by atoms with E-state index in [1.165, 1.54) is 15.4 Å². The van der Waals surface area contributed by atoms with E-state index in [0.29, 0.717) is 13.1 Å². The van der Waals surface area contributed by atoms with Crippen molar-refractivity contribution in [3.8, 4) is 0 Å². The average molecular weight is 246 g/mol. The van der Waals surface area contributed by atoms with Crippen molar-refractivity contribution in [1.29, 1.82) is 0 Å². The van der Waals surface area contributed by atoms with Crippen molar-refractivity contribution in [2.45, 2.75) is 12.8 Å². The number of rotatable bonds is 1. The molecular formula is C10H12ClNO2S. The highest BCUT2D eigenvalue weighted by molar-refractivity contribution is 8.11. The number of hydrogen-bond acceptors (Lipinski definition) is 2. The minimum absolute atomic E-state index is 0.475. The fraction of sp³-hybridized carbons (Fsp3) is 0.400. The number of benzene rings is 1. The molecule has 0 amide bonds. The summed E-state index contributed by atoms with van der Waals surface area (Å²) in [5.41, 5.74) is 2.45. The van der Waals surface area contributed by atoms with E-state index in [9.17, 15) is 8.42 Å². The van der Waals surface area contributed by atoms with Gasteiger partial charge >= 0.3 is 0 Å². The Labute approximate surface area is 94.2 Å². The van der Waals surface area contributed by atoms with Crippen LogP contribution in [0.15, 0.2) is 24.3 Å². The lowest BCUT2D eigenvalue weighted by Gasteiger charge is -2.14.